The van der Waals surface area contributed by atoms with Crippen LogP contribution in [0.4, 0.5) is 0 Å². The zero-order valence-electron chi connectivity index (χ0n) is 8.37. The summed E-state index contributed by atoms with van der Waals surface area (Å²) in [5, 5.41) is 3.80. The van der Waals surface area contributed by atoms with E-state index in [0.29, 0.717) is 5.69 Å². The highest BCUT2D eigenvalue weighted by Crippen LogP contribution is 2.07. The first-order valence-electron chi connectivity index (χ1n) is 4.11. The summed E-state index contributed by atoms with van der Waals surface area (Å²) in [5.41, 5.74) is 0.429. The van der Waals surface area contributed by atoms with Gasteiger partial charge in [0, 0.05) is 0 Å². The number of rotatable bonds is 2. The van der Waals surface area contributed by atoms with Gasteiger partial charge in [-0.2, -0.15) is 0 Å². The molecule has 0 aliphatic carbocycles. The fourth-order valence-corrected chi connectivity index (χ4v) is 0.672. The second kappa shape index (κ2) is 3.60. The first-order valence-corrected chi connectivity index (χ1v) is 4.11. The molecule has 0 bridgehead atoms. The Morgan fingerprint density at radius 3 is 2.69 bits per heavy atom. The van der Waals surface area contributed by atoms with Crippen LogP contribution in [-0.2, 0) is 4.84 Å². The number of oxazole rings is 1. The predicted octanol–water partition coefficient (Wildman–Crippen LogP) is 2.13. The SMILES string of the molecule is Cc1ocnc1/C=N/OC(C)(C)C. The lowest BCUT2D eigenvalue weighted by Crippen LogP contribution is -2.15. The minimum atomic E-state index is -0.270. The summed E-state index contributed by atoms with van der Waals surface area (Å²) in [5.74, 6) is 0.737. The number of aromatic nitrogens is 1. The first-order chi connectivity index (χ1) is 5.99. The Balaban J connectivity index is 2.55. The van der Waals surface area contributed by atoms with Gasteiger partial charge in [-0.15, -0.1) is 0 Å². The van der Waals surface area contributed by atoms with E-state index in [0.717, 1.165) is 5.76 Å². The summed E-state index contributed by atoms with van der Waals surface area (Å²) < 4.78 is 4.99. The summed E-state index contributed by atoms with van der Waals surface area (Å²) >= 11 is 0. The van der Waals surface area contributed by atoms with Crippen LogP contribution in [0.1, 0.15) is 32.2 Å². The van der Waals surface area contributed by atoms with Gasteiger partial charge in [-0.05, 0) is 27.7 Å². The van der Waals surface area contributed by atoms with Crippen molar-refractivity contribution < 1.29 is 9.25 Å². The van der Waals surface area contributed by atoms with E-state index in [1.165, 1.54) is 6.39 Å². The second-order valence-corrected chi connectivity index (χ2v) is 3.73. The van der Waals surface area contributed by atoms with Gasteiger partial charge in [0.1, 0.15) is 17.1 Å². The van der Waals surface area contributed by atoms with Crippen molar-refractivity contribution in [1.82, 2.24) is 4.98 Å². The smallest absolute Gasteiger partial charge is 0.181 e. The molecule has 0 spiro atoms. The van der Waals surface area contributed by atoms with Crippen LogP contribution in [0.25, 0.3) is 0 Å². The quantitative estimate of drug-likeness (QED) is 0.520. The molecule has 0 N–H and O–H groups in total. The van der Waals surface area contributed by atoms with Crippen LogP contribution < -0.4 is 0 Å². The van der Waals surface area contributed by atoms with E-state index in [9.17, 15) is 0 Å². The molecule has 4 heteroatoms. The molecule has 0 aliphatic heterocycles. The van der Waals surface area contributed by atoms with E-state index in [4.69, 9.17) is 9.25 Å². The Hall–Kier alpha value is -1.32. The van der Waals surface area contributed by atoms with E-state index in [-0.39, 0.29) is 5.60 Å². The molecule has 72 valence electrons. The van der Waals surface area contributed by atoms with Gasteiger partial charge in [-0.1, -0.05) is 5.16 Å². The van der Waals surface area contributed by atoms with Gasteiger partial charge in [-0.3, -0.25) is 0 Å². The average molecular weight is 182 g/mol. The predicted molar refractivity (Wildman–Crippen MR) is 49.7 cm³/mol. The third-order valence-electron chi connectivity index (χ3n) is 1.28. The van der Waals surface area contributed by atoms with Crippen molar-refractivity contribution in [2.24, 2.45) is 5.16 Å². The highest BCUT2D eigenvalue weighted by atomic mass is 16.6. The van der Waals surface area contributed by atoms with Crippen LogP contribution in [0.5, 0.6) is 0 Å². The van der Waals surface area contributed by atoms with E-state index in [1.807, 2.05) is 27.7 Å². The van der Waals surface area contributed by atoms with Gasteiger partial charge in [0.15, 0.2) is 6.39 Å². The van der Waals surface area contributed by atoms with Crippen molar-refractivity contribution in [3.63, 3.8) is 0 Å². The van der Waals surface area contributed by atoms with Gasteiger partial charge >= 0.3 is 0 Å². The minimum absolute atomic E-state index is 0.270. The van der Waals surface area contributed by atoms with Crippen molar-refractivity contribution >= 4 is 6.21 Å². The van der Waals surface area contributed by atoms with E-state index >= 15 is 0 Å². The van der Waals surface area contributed by atoms with E-state index < -0.39 is 0 Å². The largest absolute Gasteiger partial charge is 0.448 e. The highest BCUT2D eigenvalue weighted by molar-refractivity contribution is 5.77. The minimum Gasteiger partial charge on any atom is -0.448 e. The van der Waals surface area contributed by atoms with Crippen LogP contribution in [0.2, 0.25) is 0 Å². The molecule has 0 saturated carbocycles. The van der Waals surface area contributed by atoms with Gasteiger partial charge in [0.05, 0.1) is 6.21 Å². The van der Waals surface area contributed by atoms with Crippen LogP contribution in [0, 0.1) is 6.92 Å². The molecule has 1 rings (SSSR count). The lowest BCUT2D eigenvalue weighted by atomic mass is 10.2. The number of nitrogens with zero attached hydrogens (tertiary/aromatic N) is 2. The molecule has 1 aromatic rings. The number of oxime groups is 1. The molecule has 0 unspecified atom stereocenters. The molecule has 0 aliphatic rings. The number of hydrogen-bond acceptors (Lipinski definition) is 4. The average Bonchev–Trinajstić information content (AvgIpc) is 2.34. The van der Waals surface area contributed by atoms with E-state index in [1.54, 1.807) is 6.21 Å². The summed E-state index contributed by atoms with van der Waals surface area (Å²) in [6, 6.07) is 0. The van der Waals surface area contributed by atoms with Crippen LogP contribution in [0.15, 0.2) is 16.0 Å². The molecule has 0 saturated heterocycles. The zero-order chi connectivity index (χ0) is 9.90. The van der Waals surface area contributed by atoms with E-state index in [2.05, 4.69) is 10.1 Å². The molecule has 1 heterocycles. The van der Waals surface area contributed by atoms with Gasteiger partial charge in [-0.25, -0.2) is 4.98 Å². The monoisotopic (exact) mass is 182 g/mol. The third kappa shape index (κ3) is 3.27. The molecular formula is C9H14N2O2. The molecule has 0 fully saturated rings. The van der Waals surface area contributed by atoms with Crippen molar-refractivity contribution in [2.75, 3.05) is 0 Å². The van der Waals surface area contributed by atoms with Crippen molar-refractivity contribution in [3.05, 3.63) is 17.8 Å². The Morgan fingerprint density at radius 1 is 1.54 bits per heavy atom. The summed E-state index contributed by atoms with van der Waals surface area (Å²) in [7, 11) is 0. The fraction of sp³-hybridized carbons (Fsp3) is 0.556. The van der Waals surface area contributed by atoms with Crippen LogP contribution in [-0.4, -0.2) is 16.8 Å². The lowest BCUT2D eigenvalue weighted by molar-refractivity contribution is 0.00195. The molecule has 13 heavy (non-hydrogen) atoms. The normalized spacial score (nSPS) is 12.3. The van der Waals surface area contributed by atoms with Crippen molar-refractivity contribution in [1.29, 1.82) is 0 Å². The van der Waals surface area contributed by atoms with Gasteiger partial charge in [0.25, 0.3) is 0 Å². The molecule has 0 atom stereocenters. The summed E-state index contributed by atoms with van der Waals surface area (Å²) in [6.07, 6.45) is 2.93. The summed E-state index contributed by atoms with van der Waals surface area (Å²) in [6.45, 7) is 7.62. The first kappa shape index (κ1) is 9.77. The topological polar surface area (TPSA) is 47.6 Å². The van der Waals surface area contributed by atoms with Gasteiger partial charge < -0.3 is 9.25 Å². The van der Waals surface area contributed by atoms with Crippen molar-refractivity contribution in [3.8, 4) is 0 Å². The van der Waals surface area contributed by atoms with Gasteiger partial charge in [0.2, 0.25) is 0 Å². The molecule has 0 aromatic carbocycles. The Kier molecular flexibility index (Phi) is 2.70. The van der Waals surface area contributed by atoms with Crippen LogP contribution in [0.3, 0.4) is 0 Å². The van der Waals surface area contributed by atoms with Crippen molar-refractivity contribution in [2.45, 2.75) is 33.3 Å². The zero-order valence-corrected chi connectivity index (χ0v) is 8.37. The maximum atomic E-state index is 5.15. The Morgan fingerprint density at radius 2 is 2.23 bits per heavy atom. The Labute approximate surface area is 77.6 Å². The number of hydrogen-bond donors (Lipinski definition) is 0. The van der Waals surface area contributed by atoms with Crippen LogP contribution >= 0.6 is 0 Å². The maximum absolute atomic E-state index is 5.15. The second-order valence-electron chi connectivity index (χ2n) is 3.73. The highest BCUT2D eigenvalue weighted by Gasteiger charge is 2.09. The molecule has 0 radical (unpaired) electrons. The summed E-state index contributed by atoms with van der Waals surface area (Å²) in [4.78, 5) is 9.08. The molecular weight excluding hydrogens is 168 g/mol. The molecule has 0 amide bonds. The molecule has 4 nitrogen and oxygen atoms in total. The number of aryl methyl sites for hydroxylation is 1. The standard InChI is InChI=1S/C9H14N2O2/c1-7-8(10-6-12-7)5-11-13-9(2,3)4/h5-6H,1-4H3/b11-5+. The molecule has 1 aromatic heterocycles. The lowest BCUT2D eigenvalue weighted by Gasteiger charge is -2.14. The Bertz CT molecular complexity index is 297. The fourth-order valence-electron chi connectivity index (χ4n) is 0.672. The maximum Gasteiger partial charge on any atom is 0.181 e. The third-order valence-corrected chi connectivity index (χ3v) is 1.28.